The van der Waals surface area contributed by atoms with Gasteiger partial charge in [0.2, 0.25) is 0 Å². The molecule has 0 saturated carbocycles. The average molecular weight is 315 g/mol. The Morgan fingerprint density at radius 2 is 2.13 bits per heavy atom. The van der Waals surface area contributed by atoms with E-state index in [9.17, 15) is 0 Å². The molecule has 1 aromatic heterocycles. The van der Waals surface area contributed by atoms with Crippen LogP contribution in [0.4, 0.5) is 0 Å². The lowest BCUT2D eigenvalue weighted by molar-refractivity contribution is 0.119. The number of para-hydroxylation sites is 1. The summed E-state index contributed by atoms with van der Waals surface area (Å²) in [6.45, 7) is 5.50. The number of likely N-dealkylation sites (tertiary alicyclic amines) is 1. The van der Waals surface area contributed by atoms with Crippen molar-refractivity contribution in [3.05, 3.63) is 36.0 Å². The lowest BCUT2D eigenvalue weighted by Gasteiger charge is -2.34. The number of aryl methyl sites for hydroxylation is 1. The van der Waals surface area contributed by atoms with Gasteiger partial charge in [0.05, 0.1) is 6.61 Å². The Kier molecular flexibility index (Phi) is 5.36. The van der Waals surface area contributed by atoms with Crippen molar-refractivity contribution in [2.75, 3.05) is 39.8 Å². The lowest BCUT2D eigenvalue weighted by atomic mass is 9.97. The first-order valence-corrected chi connectivity index (χ1v) is 8.72. The maximum atomic E-state index is 9.13. The molecule has 23 heavy (non-hydrogen) atoms. The van der Waals surface area contributed by atoms with E-state index < -0.39 is 0 Å². The molecule has 0 radical (unpaired) electrons. The molecule has 0 amide bonds. The normalized spacial score (nSPS) is 19.7. The molecule has 2 heterocycles. The first-order chi connectivity index (χ1) is 11.2. The monoisotopic (exact) mass is 315 g/mol. The van der Waals surface area contributed by atoms with Gasteiger partial charge in [-0.3, -0.25) is 0 Å². The van der Waals surface area contributed by atoms with Crippen LogP contribution in [0.25, 0.3) is 10.9 Å². The van der Waals surface area contributed by atoms with Crippen molar-refractivity contribution in [2.45, 2.75) is 19.4 Å². The predicted molar refractivity (Wildman–Crippen MR) is 95.5 cm³/mol. The second kappa shape index (κ2) is 7.47. The summed E-state index contributed by atoms with van der Waals surface area (Å²) in [6, 6.07) is 8.64. The van der Waals surface area contributed by atoms with E-state index in [1.54, 1.807) is 0 Å². The number of aliphatic hydroxyl groups is 1. The molecule has 1 aliphatic rings. The van der Waals surface area contributed by atoms with Gasteiger partial charge >= 0.3 is 0 Å². The van der Waals surface area contributed by atoms with Crippen molar-refractivity contribution in [3.63, 3.8) is 0 Å². The van der Waals surface area contributed by atoms with Crippen LogP contribution in [-0.2, 0) is 13.6 Å². The van der Waals surface area contributed by atoms with Gasteiger partial charge < -0.3 is 19.5 Å². The molecular formula is C19H29N3O. The summed E-state index contributed by atoms with van der Waals surface area (Å²) in [5.74, 6) is 0.718. The molecule has 4 nitrogen and oxygen atoms in total. The topological polar surface area (TPSA) is 31.6 Å². The average Bonchev–Trinajstić information content (AvgIpc) is 2.85. The lowest BCUT2D eigenvalue weighted by Crippen LogP contribution is -2.41. The Morgan fingerprint density at radius 1 is 1.30 bits per heavy atom. The molecule has 1 atom stereocenters. The van der Waals surface area contributed by atoms with E-state index in [4.69, 9.17) is 5.11 Å². The van der Waals surface area contributed by atoms with Gasteiger partial charge in [0.25, 0.3) is 0 Å². The van der Waals surface area contributed by atoms with E-state index in [1.165, 1.54) is 29.3 Å². The maximum Gasteiger partial charge on any atom is 0.0558 e. The van der Waals surface area contributed by atoms with E-state index >= 15 is 0 Å². The van der Waals surface area contributed by atoms with Gasteiger partial charge in [-0.15, -0.1) is 0 Å². The number of aliphatic hydroxyl groups excluding tert-OH is 1. The van der Waals surface area contributed by atoms with Crippen LogP contribution in [0.3, 0.4) is 0 Å². The van der Waals surface area contributed by atoms with E-state index in [-0.39, 0.29) is 6.61 Å². The van der Waals surface area contributed by atoms with Crippen LogP contribution < -0.4 is 0 Å². The van der Waals surface area contributed by atoms with Crippen LogP contribution in [-0.4, -0.2) is 59.3 Å². The standard InChI is InChI=1S/C19H29N3O/c1-20(12-16-6-5-9-22(13-16)10-11-23)14-17-15-21(2)19-8-4-3-7-18(17)19/h3-4,7-8,15-16,23H,5-6,9-14H2,1-2H3/t16-/m1/s1. The van der Waals surface area contributed by atoms with Crippen LogP contribution in [0.2, 0.25) is 0 Å². The van der Waals surface area contributed by atoms with Gasteiger partial charge in [0.15, 0.2) is 0 Å². The first kappa shape index (κ1) is 16.5. The van der Waals surface area contributed by atoms with E-state index in [0.29, 0.717) is 0 Å². The van der Waals surface area contributed by atoms with Gasteiger partial charge in [0, 0.05) is 50.3 Å². The van der Waals surface area contributed by atoms with Gasteiger partial charge in [-0.25, -0.2) is 0 Å². The van der Waals surface area contributed by atoms with E-state index in [2.05, 4.69) is 58.9 Å². The molecule has 3 rings (SSSR count). The summed E-state index contributed by atoms with van der Waals surface area (Å²) in [5, 5.41) is 10.5. The molecule has 2 aromatic rings. The number of piperidine rings is 1. The number of β-amino-alcohol motifs (C(OH)–C–C–N with tert-alkyl or cyclic N) is 1. The fraction of sp³-hybridized carbons (Fsp3) is 0.579. The molecule has 1 aliphatic heterocycles. The molecule has 4 heteroatoms. The molecular weight excluding hydrogens is 286 g/mol. The molecule has 126 valence electrons. The van der Waals surface area contributed by atoms with Gasteiger partial charge in [0.1, 0.15) is 0 Å². The summed E-state index contributed by atoms with van der Waals surface area (Å²) >= 11 is 0. The smallest absolute Gasteiger partial charge is 0.0558 e. The third-order valence-corrected chi connectivity index (χ3v) is 5.01. The summed E-state index contributed by atoms with van der Waals surface area (Å²) in [5.41, 5.74) is 2.72. The Bertz CT molecular complexity index is 635. The zero-order chi connectivity index (χ0) is 16.2. The number of rotatable bonds is 6. The fourth-order valence-corrected chi connectivity index (χ4v) is 3.99. The zero-order valence-electron chi connectivity index (χ0n) is 14.4. The highest BCUT2D eigenvalue weighted by Gasteiger charge is 2.21. The minimum atomic E-state index is 0.276. The van der Waals surface area contributed by atoms with E-state index in [0.717, 1.165) is 38.6 Å². The van der Waals surface area contributed by atoms with Crippen molar-refractivity contribution in [3.8, 4) is 0 Å². The van der Waals surface area contributed by atoms with Crippen molar-refractivity contribution in [2.24, 2.45) is 13.0 Å². The van der Waals surface area contributed by atoms with Crippen molar-refractivity contribution in [1.29, 1.82) is 0 Å². The number of aromatic nitrogens is 1. The van der Waals surface area contributed by atoms with Crippen molar-refractivity contribution < 1.29 is 5.11 Å². The highest BCUT2D eigenvalue weighted by molar-refractivity contribution is 5.83. The van der Waals surface area contributed by atoms with Crippen molar-refractivity contribution >= 4 is 10.9 Å². The zero-order valence-corrected chi connectivity index (χ0v) is 14.4. The maximum absolute atomic E-state index is 9.13. The molecule has 0 bridgehead atoms. The summed E-state index contributed by atoms with van der Waals surface area (Å²) < 4.78 is 2.22. The molecule has 0 spiro atoms. The fourth-order valence-electron chi connectivity index (χ4n) is 3.99. The minimum Gasteiger partial charge on any atom is -0.395 e. The second-order valence-electron chi connectivity index (χ2n) is 7.01. The van der Waals surface area contributed by atoms with Crippen LogP contribution >= 0.6 is 0 Å². The quantitative estimate of drug-likeness (QED) is 0.888. The van der Waals surface area contributed by atoms with E-state index in [1.807, 2.05) is 0 Å². The molecule has 1 N–H and O–H groups in total. The number of benzene rings is 1. The Hall–Kier alpha value is -1.36. The number of hydrogen-bond donors (Lipinski definition) is 1. The third-order valence-electron chi connectivity index (χ3n) is 5.01. The SMILES string of the molecule is CN(Cc1cn(C)c2ccccc12)C[C@H]1CCCN(CCO)C1. The van der Waals surface area contributed by atoms with Crippen molar-refractivity contribution in [1.82, 2.24) is 14.4 Å². The van der Waals surface area contributed by atoms with Gasteiger partial charge in [-0.1, -0.05) is 18.2 Å². The summed E-state index contributed by atoms with van der Waals surface area (Å²) in [4.78, 5) is 4.86. The van der Waals surface area contributed by atoms with Crippen LogP contribution in [0.15, 0.2) is 30.5 Å². The second-order valence-corrected chi connectivity index (χ2v) is 7.01. The molecule has 1 aromatic carbocycles. The van der Waals surface area contributed by atoms with Gasteiger partial charge in [-0.2, -0.15) is 0 Å². The number of hydrogen-bond acceptors (Lipinski definition) is 3. The summed E-state index contributed by atoms with van der Waals surface area (Å²) in [7, 11) is 4.35. The Labute approximate surface area is 139 Å². The molecule has 1 saturated heterocycles. The van der Waals surface area contributed by atoms with Crippen LogP contribution in [0.5, 0.6) is 0 Å². The molecule has 0 unspecified atom stereocenters. The van der Waals surface area contributed by atoms with Crippen LogP contribution in [0.1, 0.15) is 18.4 Å². The molecule has 0 aliphatic carbocycles. The Morgan fingerprint density at radius 3 is 2.96 bits per heavy atom. The minimum absolute atomic E-state index is 0.276. The van der Waals surface area contributed by atoms with Gasteiger partial charge in [-0.05, 0) is 44.0 Å². The predicted octanol–water partition coefficient (Wildman–Crippen LogP) is 2.31. The van der Waals surface area contributed by atoms with Crippen LogP contribution in [0, 0.1) is 5.92 Å². The number of nitrogens with zero attached hydrogens (tertiary/aromatic N) is 3. The summed E-state index contributed by atoms with van der Waals surface area (Å²) in [6.07, 6.45) is 4.83. The number of fused-ring (bicyclic) bond motifs is 1. The largest absolute Gasteiger partial charge is 0.395 e. The Balaban J connectivity index is 1.61. The highest BCUT2D eigenvalue weighted by atomic mass is 16.3. The third kappa shape index (κ3) is 3.94. The molecule has 1 fully saturated rings. The first-order valence-electron chi connectivity index (χ1n) is 8.72. The highest BCUT2D eigenvalue weighted by Crippen LogP contribution is 2.23.